The number of rotatable bonds is 5. The molecule has 3 heteroatoms. The van der Waals surface area contributed by atoms with Gasteiger partial charge < -0.3 is 10.6 Å². The van der Waals surface area contributed by atoms with Crippen LogP contribution in [0, 0.1) is 5.92 Å². The fourth-order valence-electron chi connectivity index (χ4n) is 1.68. The van der Waals surface area contributed by atoms with Crippen LogP contribution in [0.5, 0.6) is 0 Å². The van der Waals surface area contributed by atoms with Gasteiger partial charge in [-0.3, -0.25) is 0 Å². The Bertz CT molecular complexity index is 337. The molecule has 2 N–H and O–H groups in total. The highest BCUT2D eigenvalue weighted by Crippen LogP contribution is 2.27. The van der Waals surface area contributed by atoms with Gasteiger partial charge in [-0.15, -0.1) is 0 Å². The molecule has 0 amide bonds. The van der Waals surface area contributed by atoms with Gasteiger partial charge in [-0.05, 0) is 24.5 Å². The quantitative estimate of drug-likeness (QED) is 0.898. The minimum atomic E-state index is 0.572. The van der Waals surface area contributed by atoms with Crippen molar-refractivity contribution in [2.45, 2.75) is 26.8 Å². The van der Waals surface area contributed by atoms with Gasteiger partial charge in [0, 0.05) is 35.9 Å². The van der Waals surface area contributed by atoms with Crippen molar-refractivity contribution in [3.05, 3.63) is 28.2 Å². The van der Waals surface area contributed by atoms with Gasteiger partial charge in [-0.25, -0.2) is 0 Å². The topological polar surface area (TPSA) is 29.3 Å². The molecule has 2 nitrogen and oxygen atoms in total. The van der Waals surface area contributed by atoms with Gasteiger partial charge >= 0.3 is 0 Å². The van der Waals surface area contributed by atoms with E-state index in [9.17, 15) is 0 Å². The SMILES string of the molecule is CC(C)CCN(C)c1cccc(Br)c1CN. The van der Waals surface area contributed by atoms with Gasteiger partial charge in [-0.1, -0.05) is 35.8 Å². The summed E-state index contributed by atoms with van der Waals surface area (Å²) in [5, 5.41) is 0. The van der Waals surface area contributed by atoms with Crippen LogP contribution in [0.15, 0.2) is 22.7 Å². The van der Waals surface area contributed by atoms with E-state index in [1.54, 1.807) is 0 Å². The maximum Gasteiger partial charge on any atom is 0.0420 e. The van der Waals surface area contributed by atoms with Crippen LogP contribution in [0.4, 0.5) is 5.69 Å². The number of hydrogen-bond donors (Lipinski definition) is 1. The predicted octanol–water partition coefficient (Wildman–Crippen LogP) is 3.39. The zero-order valence-electron chi connectivity index (χ0n) is 10.3. The molecule has 1 rings (SSSR count). The van der Waals surface area contributed by atoms with Gasteiger partial charge in [0.25, 0.3) is 0 Å². The molecule has 0 atom stereocenters. The van der Waals surface area contributed by atoms with Crippen molar-refractivity contribution in [2.24, 2.45) is 11.7 Å². The Morgan fingerprint density at radius 3 is 2.62 bits per heavy atom. The fourth-order valence-corrected chi connectivity index (χ4v) is 2.20. The molecular weight excluding hydrogens is 264 g/mol. The number of hydrogen-bond acceptors (Lipinski definition) is 2. The van der Waals surface area contributed by atoms with E-state index in [0.29, 0.717) is 6.54 Å². The van der Waals surface area contributed by atoms with E-state index in [1.165, 1.54) is 17.7 Å². The molecule has 0 bridgehead atoms. The third kappa shape index (κ3) is 3.49. The monoisotopic (exact) mass is 284 g/mol. The Morgan fingerprint density at radius 1 is 1.38 bits per heavy atom. The molecule has 0 aromatic heterocycles. The minimum absolute atomic E-state index is 0.572. The highest BCUT2D eigenvalue weighted by atomic mass is 79.9. The standard InChI is InChI=1S/C13H21BrN2/c1-10(2)7-8-16(3)13-6-4-5-12(14)11(13)9-15/h4-6,10H,7-9,15H2,1-3H3. The third-order valence-electron chi connectivity index (χ3n) is 2.75. The maximum atomic E-state index is 5.79. The molecule has 16 heavy (non-hydrogen) atoms. The van der Waals surface area contributed by atoms with Crippen molar-refractivity contribution in [1.29, 1.82) is 0 Å². The summed E-state index contributed by atoms with van der Waals surface area (Å²) >= 11 is 3.55. The van der Waals surface area contributed by atoms with Crippen LogP contribution < -0.4 is 10.6 Å². The van der Waals surface area contributed by atoms with E-state index < -0.39 is 0 Å². The number of anilines is 1. The molecule has 0 heterocycles. The first-order valence-electron chi connectivity index (χ1n) is 5.74. The molecule has 0 aliphatic rings. The Kier molecular flexibility index (Phi) is 5.29. The lowest BCUT2D eigenvalue weighted by molar-refractivity contribution is 0.584. The summed E-state index contributed by atoms with van der Waals surface area (Å²) in [7, 11) is 2.13. The van der Waals surface area contributed by atoms with Gasteiger partial charge in [0.05, 0.1) is 0 Å². The summed E-state index contributed by atoms with van der Waals surface area (Å²) in [6.07, 6.45) is 1.20. The van der Waals surface area contributed by atoms with Crippen LogP contribution in [0.2, 0.25) is 0 Å². The maximum absolute atomic E-state index is 5.79. The predicted molar refractivity (Wildman–Crippen MR) is 74.8 cm³/mol. The summed E-state index contributed by atoms with van der Waals surface area (Å²) in [5.41, 5.74) is 8.21. The van der Waals surface area contributed by atoms with E-state index in [2.05, 4.69) is 53.9 Å². The van der Waals surface area contributed by atoms with E-state index in [-0.39, 0.29) is 0 Å². The van der Waals surface area contributed by atoms with E-state index in [1.807, 2.05) is 6.07 Å². The highest BCUT2D eigenvalue weighted by Gasteiger charge is 2.09. The molecular formula is C13H21BrN2. The smallest absolute Gasteiger partial charge is 0.0420 e. The first-order valence-corrected chi connectivity index (χ1v) is 6.54. The van der Waals surface area contributed by atoms with Gasteiger partial charge in [0.15, 0.2) is 0 Å². The minimum Gasteiger partial charge on any atom is -0.374 e. The van der Waals surface area contributed by atoms with Crippen LogP contribution in [0.25, 0.3) is 0 Å². The Hall–Kier alpha value is -0.540. The third-order valence-corrected chi connectivity index (χ3v) is 3.49. The lowest BCUT2D eigenvalue weighted by Crippen LogP contribution is -2.22. The van der Waals surface area contributed by atoms with E-state index >= 15 is 0 Å². The van der Waals surface area contributed by atoms with Crippen molar-refractivity contribution >= 4 is 21.6 Å². The molecule has 0 aliphatic heterocycles. The number of nitrogens with zero attached hydrogens (tertiary/aromatic N) is 1. The van der Waals surface area contributed by atoms with Gasteiger partial charge in [0.1, 0.15) is 0 Å². The molecule has 0 saturated carbocycles. The first-order chi connectivity index (χ1) is 7.56. The van der Waals surface area contributed by atoms with Crippen LogP contribution >= 0.6 is 15.9 Å². The molecule has 1 aromatic rings. The van der Waals surface area contributed by atoms with Crippen LogP contribution in [-0.2, 0) is 6.54 Å². The summed E-state index contributed by atoms with van der Waals surface area (Å²) in [6.45, 7) is 6.14. The molecule has 90 valence electrons. The second-order valence-corrected chi connectivity index (χ2v) is 5.40. The first kappa shape index (κ1) is 13.5. The summed E-state index contributed by atoms with van der Waals surface area (Å²) in [4.78, 5) is 2.28. The Labute approximate surface area is 107 Å². The number of benzene rings is 1. The molecule has 0 saturated heterocycles. The van der Waals surface area contributed by atoms with Crippen molar-refractivity contribution in [3.8, 4) is 0 Å². The summed E-state index contributed by atoms with van der Waals surface area (Å²) in [6, 6.07) is 6.24. The van der Waals surface area contributed by atoms with Gasteiger partial charge in [-0.2, -0.15) is 0 Å². The van der Waals surface area contributed by atoms with Crippen LogP contribution in [-0.4, -0.2) is 13.6 Å². The average Bonchev–Trinajstić information content (AvgIpc) is 2.25. The average molecular weight is 285 g/mol. The van der Waals surface area contributed by atoms with Crippen molar-refractivity contribution in [3.63, 3.8) is 0 Å². The number of halogens is 1. The number of nitrogens with two attached hydrogens (primary N) is 1. The molecule has 0 radical (unpaired) electrons. The van der Waals surface area contributed by atoms with E-state index in [4.69, 9.17) is 5.73 Å². The van der Waals surface area contributed by atoms with Crippen molar-refractivity contribution < 1.29 is 0 Å². The lowest BCUT2D eigenvalue weighted by Gasteiger charge is -2.23. The lowest BCUT2D eigenvalue weighted by atomic mass is 10.1. The molecule has 1 aromatic carbocycles. The molecule has 0 fully saturated rings. The Morgan fingerprint density at radius 2 is 2.06 bits per heavy atom. The zero-order valence-corrected chi connectivity index (χ0v) is 11.9. The highest BCUT2D eigenvalue weighted by molar-refractivity contribution is 9.10. The summed E-state index contributed by atoms with van der Waals surface area (Å²) < 4.78 is 1.10. The van der Waals surface area contributed by atoms with E-state index in [0.717, 1.165) is 16.9 Å². The fraction of sp³-hybridized carbons (Fsp3) is 0.538. The normalized spacial score (nSPS) is 10.9. The van der Waals surface area contributed by atoms with Crippen LogP contribution in [0.1, 0.15) is 25.8 Å². The van der Waals surface area contributed by atoms with Crippen molar-refractivity contribution in [1.82, 2.24) is 0 Å². The van der Waals surface area contributed by atoms with Crippen molar-refractivity contribution in [2.75, 3.05) is 18.5 Å². The van der Waals surface area contributed by atoms with Gasteiger partial charge in [0.2, 0.25) is 0 Å². The Balaban J connectivity index is 2.82. The summed E-state index contributed by atoms with van der Waals surface area (Å²) in [5.74, 6) is 0.732. The largest absolute Gasteiger partial charge is 0.374 e. The second kappa shape index (κ2) is 6.26. The van der Waals surface area contributed by atoms with Crippen LogP contribution in [0.3, 0.4) is 0 Å². The molecule has 0 spiro atoms. The molecule has 0 unspecified atom stereocenters. The zero-order chi connectivity index (χ0) is 12.1. The molecule has 0 aliphatic carbocycles. The second-order valence-electron chi connectivity index (χ2n) is 4.55.